The first-order valence-electron chi connectivity index (χ1n) is 5.63. The quantitative estimate of drug-likeness (QED) is 0.454. The van der Waals surface area contributed by atoms with Crippen molar-refractivity contribution in [2.75, 3.05) is 7.05 Å². The van der Waals surface area contributed by atoms with Gasteiger partial charge < -0.3 is 25.7 Å². The van der Waals surface area contributed by atoms with Crippen molar-refractivity contribution in [2.45, 2.75) is 13.0 Å². The Labute approximate surface area is 125 Å². The average Bonchev–Trinajstić information content (AvgIpc) is 2.48. The molecule has 0 aliphatic rings. The summed E-state index contributed by atoms with van der Waals surface area (Å²) < 4.78 is 0. The third kappa shape index (κ3) is 12.0. The maximum Gasteiger partial charge on any atom is 0.414 e. The molecule has 0 radical (unpaired) electrons. The standard InChI is InChI=1S/C8H12N2.2C2H2O4/c1-7(9-2)8-3-5-10-6-4-8;2*3-1(4)2(5)6/h3-7,9H,1-2H3;2*(H,3,4)(H,5,6). The Balaban J connectivity index is 0. The fourth-order valence-electron chi connectivity index (χ4n) is 0.819. The number of aromatic nitrogens is 1. The van der Waals surface area contributed by atoms with Crippen LogP contribution in [0, 0.1) is 0 Å². The van der Waals surface area contributed by atoms with E-state index in [-0.39, 0.29) is 0 Å². The van der Waals surface area contributed by atoms with Crippen molar-refractivity contribution in [3.05, 3.63) is 30.1 Å². The van der Waals surface area contributed by atoms with Crippen molar-refractivity contribution < 1.29 is 39.6 Å². The topological polar surface area (TPSA) is 174 Å². The molecule has 22 heavy (non-hydrogen) atoms. The van der Waals surface area contributed by atoms with Crippen LogP contribution in [0.2, 0.25) is 0 Å². The van der Waals surface area contributed by atoms with Gasteiger partial charge in [0.1, 0.15) is 0 Å². The van der Waals surface area contributed by atoms with E-state index in [4.69, 9.17) is 39.6 Å². The molecule has 10 nitrogen and oxygen atoms in total. The molecule has 0 fully saturated rings. The van der Waals surface area contributed by atoms with Crippen molar-refractivity contribution in [2.24, 2.45) is 0 Å². The van der Waals surface area contributed by atoms with Crippen molar-refractivity contribution >= 4 is 23.9 Å². The highest BCUT2D eigenvalue weighted by atomic mass is 16.4. The minimum absolute atomic E-state index is 0.419. The molecule has 5 N–H and O–H groups in total. The molecule has 0 saturated heterocycles. The van der Waals surface area contributed by atoms with Gasteiger partial charge in [0.2, 0.25) is 0 Å². The monoisotopic (exact) mass is 316 g/mol. The maximum atomic E-state index is 9.10. The Morgan fingerprint density at radius 1 is 0.909 bits per heavy atom. The summed E-state index contributed by atoms with van der Waals surface area (Å²) in [6.45, 7) is 2.12. The molecule has 1 unspecified atom stereocenters. The van der Waals surface area contributed by atoms with E-state index in [9.17, 15) is 0 Å². The smallest absolute Gasteiger partial charge is 0.414 e. The van der Waals surface area contributed by atoms with Gasteiger partial charge in [-0.1, -0.05) is 0 Å². The largest absolute Gasteiger partial charge is 0.473 e. The lowest BCUT2D eigenvalue weighted by Gasteiger charge is -2.08. The van der Waals surface area contributed by atoms with Gasteiger partial charge in [-0.3, -0.25) is 4.98 Å². The summed E-state index contributed by atoms with van der Waals surface area (Å²) in [5.41, 5.74) is 1.28. The first-order chi connectivity index (χ1) is 10.1. The molecule has 0 aliphatic heterocycles. The van der Waals surface area contributed by atoms with E-state index >= 15 is 0 Å². The lowest BCUT2D eigenvalue weighted by atomic mass is 10.1. The van der Waals surface area contributed by atoms with Crippen molar-refractivity contribution in [3.8, 4) is 0 Å². The van der Waals surface area contributed by atoms with Crippen LogP contribution in [0.3, 0.4) is 0 Å². The molecular weight excluding hydrogens is 300 g/mol. The summed E-state index contributed by atoms with van der Waals surface area (Å²) in [6, 6.07) is 4.45. The van der Waals surface area contributed by atoms with Gasteiger partial charge in [0, 0.05) is 18.4 Å². The van der Waals surface area contributed by atoms with Gasteiger partial charge in [-0.25, -0.2) is 19.2 Å². The van der Waals surface area contributed by atoms with Gasteiger partial charge in [-0.15, -0.1) is 0 Å². The number of carboxylic acids is 4. The Morgan fingerprint density at radius 3 is 1.45 bits per heavy atom. The van der Waals surface area contributed by atoms with Crippen molar-refractivity contribution in [1.82, 2.24) is 10.3 Å². The highest BCUT2D eigenvalue weighted by molar-refractivity contribution is 6.27. The molecular formula is C12H16N2O8. The van der Waals surface area contributed by atoms with Crippen LogP contribution in [0.5, 0.6) is 0 Å². The molecule has 0 spiro atoms. The molecule has 0 aliphatic carbocycles. The van der Waals surface area contributed by atoms with E-state index in [2.05, 4.69) is 17.2 Å². The third-order valence-electron chi connectivity index (χ3n) is 2.01. The van der Waals surface area contributed by atoms with Crippen molar-refractivity contribution in [1.29, 1.82) is 0 Å². The van der Waals surface area contributed by atoms with Crippen LogP contribution in [-0.4, -0.2) is 56.3 Å². The molecule has 0 aromatic carbocycles. The minimum Gasteiger partial charge on any atom is -0.473 e. The Kier molecular flexibility index (Phi) is 11.4. The number of nitrogens with zero attached hydrogens (tertiary/aromatic N) is 1. The number of carboxylic acid groups (broad SMARTS) is 4. The van der Waals surface area contributed by atoms with Crippen LogP contribution in [0.25, 0.3) is 0 Å². The lowest BCUT2D eigenvalue weighted by Crippen LogP contribution is -2.11. The van der Waals surface area contributed by atoms with E-state index in [0.29, 0.717) is 6.04 Å². The molecule has 1 rings (SSSR count). The second-order valence-electron chi connectivity index (χ2n) is 3.51. The molecule has 1 aromatic rings. The van der Waals surface area contributed by atoms with Crippen LogP contribution in [0.1, 0.15) is 18.5 Å². The summed E-state index contributed by atoms with van der Waals surface area (Å²) in [5, 5.41) is 32.7. The zero-order valence-electron chi connectivity index (χ0n) is 11.8. The summed E-state index contributed by atoms with van der Waals surface area (Å²) in [6.07, 6.45) is 3.62. The van der Waals surface area contributed by atoms with Crippen LogP contribution in [0.15, 0.2) is 24.5 Å². The van der Waals surface area contributed by atoms with Crippen molar-refractivity contribution in [3.63, 3.8) is 0 Å². The van der Waals surface area contributed by atoms with Gasteiger partial charge in [0.15, 0.2) is 0 Å². The van der Waals surface area contributed by atoms with Crippen LogP contribution in [-0.2, 0) is 19.2 Å². The third-order valence-corrected chi connectivity index (χ3v) is 2.01. The summed E-state index contributed by atoms with van der Waals surface area (Å²) >= 11 is 0. The molecule has 1 heterocycles. The highest BCUT2D eigenvalue weighted by Crippen LogP contribution is 2.08. The van der Waals surface area contributed by atoms with Crippen LogP contribution in [0.4, 0.5) is 0 Å². The van der Waals surface area contributed by atoms with Crippen LogP contribution >= 0.6 is 0 Å². The van der Waals surface area contributed by atoms with Gasteiger partial charge >= 0.3 is 23.9 Å². The van der Waals surface area contributed by atoms with Gasteiger partial charge in [0.25, 0.3) is 0 Å². The SMILES string of the molecule is CNC(C)c1ccncc1.O=C(O)C(=O)O.O=C(O)C(=O)O. The van der Waals surface area contributed by atoms with Gasteiger partial charge in [-0.05, 0) is 31.7 Å². The first kappa shape index (κ1) is 21.3. The maximum absolute atomic E-state index is 9.10. The Morgan fingerprint density at radius 2 is 1.23 bits per heavy atom. The zero-order valence-corrected chi connectivity index (χ0v) is 11.8. The number of aliphatic carboxylic acids is 4. The van der Waals surface area contributed by atoms with Gasteiger partial charge in [-0.2, -0.15) is 0 Å². The minimum atomic E-state index is -1.82. The number of pyridine rings is 1. The summed E-state index contributed by atoms with van der Waals surface area (Å²) in [7, 11) is 1.95. The highest BCUT2D eigenvalue weighted by Gasteiger charge is 2.04. The van der Waals surface area contributed by atoms with E-state index in [1.807, 2.05) is 31.6 Å². The Hall–Kier alpha value is -3.01. The predicted molar refractivity (Wildman–Crippen MR) is 72.3 cm³/mol. The van der Waals surface area contributed by atoms with Crippen LogP contribution < -0.4 is 5.32 Å². The molecule has 1 atom stereocenters. The lowest BCUT2D eigenvalue weighted by molar-refractivity contribution is -0.159. The van der Waals surface area contributed by atoms with Gasteiger partial charge in [0.05, 0.1) is 0 Å². The number of hydrogen-bond acceptors (Lipinski definition) is 6. The molecule has 0 saturated carbocycles. The van der Waals surface area contributed by atoms with E-state index < -0.39 is 23.9 Å². The molecule has 10 heteroatoms. The normalized spacial score (nSPS) is 9.91. The Bertz CT molecular complexity index is 455. The fraction of sp³-hybridized carbons (Fsp3) is 0.250. The molecule has 122 valence electrons. The van der Waals surface area contributed by atoms with E-state index in [1.165, 1.54) is 5.56 Å². The number of nitrogens with one attached hydrogen (secondary N) is 1. The molecule has 1 aromatic heterocycles. The second-order valence-corrected chi connectivity index (χ2v) is 3.51. The number of carbonyl (C=O) groups is 4. The summed E-state index contributed by atoms with van der Waals surface area (Å²) in [4.78, 5) is 40.3. The van der Waals surface area contributed by atoms with E-state index in [0.717, 1.165) is 0 Å². The summed E-state index contributed by atoms with van der Waals surface area (Å²) in [5.74, 6) is -7.30. The first-order valence-corrected chi connectivity index (χ1v) is 5.63. The number of rotatable bonds is 2. The fourth-order valence-corrected chi connectivity index (χ4v) is 0.819. The average molecular weight is 316 g/mol. The number of hydrogen-bond donors (Lipinski definition) is 5. The molecule has 0 bridgehead atoms. The second kappa shape index (κ2) is 11.8. The van der Waals surface area contributed by atoms with E-state index in [1.54, 1.807) is 0 Å². The predicted octanol–water partition coefficient (Wildman–Crippen LogP) is -0.327. The molecule has 0 amide bonds. The zero-order chi connectivity index (χ0) is 17.7.